The molecule has 1 aromatic carbocycles. The van der Waals surface area contributed by atoms with Crippen molar-refractivity contribution in [3.05, 3.63) is 29.3 Å². The number of nitrogens with two attached hydrogens (primary N) is 1. The molecule has 1 heterocycles. The van der Waals surface area contributed by atoms with Crippen molar-refractivity contribution < 1.29 is 18.4 Å². The SMILES string of the molecule is Nc1ccc(F)c(C(=O)NC2CNC(=O)C2)c1F. The minimum absolute atomic E-state index is 0.0945. The zero-order valence-electron chi connectivity index (χ0n) is 9.30. The molecule has 1 aliphatic rings. The number of nitrogen functional groups attached to an aromatic ring is 1. The third-order valence-corrected chi connectivity index (χ3v) is 2.66. The van der Waals surface area contributed by atoms with Crippen LogP contribution >= 0.6 is 0 Å². The maximum absolute atomic E-state index is 13.6. The van der Waals surface area contributed by atoms with Crippen molar-refractivity contribution in [1.82, 2.24) is 10.6 Å². The molecule has 1 aliphatic heterocycles. The van der Waals surface area contributed by atoms with Crippen molar-refractivity contribution in [2.45, 2.75) is 12.5 Å². The summed E-state index contributed by atoms with van der Waals surface area (Å²) in [5, 5.41) is 4.88. The topological polar surface area (TPSA) is 84.2 Å². The summed E-state index contributed by atoms with van der Waals surface area (Å²) >= 11 is 0. The van der Waals surface area contributed by atoms with Crippen molar-refractivity contribution in [3.63, 3.8) is 0 Å². The quantitative estimate of drug-likeness (QED) is 0.658. The molecule has 7 heteroatoms. The Hall–Kier alpha value is -2.18. The zero-order valence-corrected chi connectivity index (χ0v) is 9.30. The van der Waals surface area contributed by atoms with Crippen LogP contribution in [0.1, 0.15) is 16.8 Å². The summed E-state index contributed by atoms with van der Waals surface area (Å²) in [4.78, 5) is 22.6. The fourth-order valence-corrected chi connectivity index (χ4v) is 1.74. The van der Waals surface area contributed by atoms with E-state index >= 15 is 0 Å². The number of hydrogen-bond donors (Lipinski definition) is 3. The molecule has 0 bridgehead atoms. The Morgan fingerprint density at radius 1 is 1.44 bits per heavy atom. The van der Waals surface area contributed by atoms with Gasteiger partial charge in [-0.2, -0.15) is 0 Å². The van der Waals surface area contributed by atoms with Gasteiger partial charge in [0.15, 0.2) is 5.82 Å². The number of halogens is 2. The van der Waals surface area contributed by atoms with Crippen molar-refractivity contribution in [2.75, 3.05) is 12.3 Å². The van der Waals surface area contributed by atoms with Gasteiger partial charge in [-0.1, -0.05) is 0 Å². The molecule has 5 nitrogen and oxygen atoms in total. The van der Waals surface area contributed by atoms with E-state index in [1.54, 1.807) is 0 Å². The molecule has 4 N–H and O–H groups in total. The van der Waals surface area contributed by atoms with Crippen LogP contribution in [0.15, 0.2) is 12.1 Å². The van der Waals surface area contributed by atoms with Gasteiger partial charge in [0, 0.05) is 13.0 Å². The Morgan fingerprint density at radius 2 is 2.17 bits per heavy atom. The number of rotatable bonds is 2. The van der Waals surface area contributed by atoms with E-state index in [1.807, 2.05) is 0 Å². The first-order chi connectivity index (χ1) is 8.49. The largest absolute Gasteiger partial charge is 0.396 e. The minimum Gasteiger partial charge on any atom is -0.396 e. The summed E-state index contributed by atoms with van der Waals surface area (Å²) in [7, 11) is 0. The fourth-order valence-electron chi connectivity index (χ4n) is 1.74. The molecule has 0 aliphatic carbocycles. The van der Waals surface area contributed by atoms with Crippen molar-refractivity contribution in [3.8, 4) is 0 Å². The van der Waals surface area contributed by atoms with E-state index in [9.17, 15) is 18.4 Å². The Balaban J connectivity index is 2.19. The van der Waals surface area contributed by atoms with Gasteiger partial charge in [-0.15, -0.1) is 0 Å². The molecule has 1 atom stereocenters. The predicted molar refractivity (Wildman–Crippen MR) is 59.7 cm³/mol. The number of anilines is 1. The Bertz CT molecular complexity index is 519. The Kier molecular flexibility index (Phi) is 3.14. The van der Waals surface area contributed by atoms with Crippen molar-refractivity contribution in [2.24, 2.45) is 0 Å². The van der Waals surface area contributed by atoms with Gasteiger partial charge in [0.25, 0.3) is 5.91 Å². The Labute approximate surface area is 101 Å². The van der Waals surface area contributed by atoms with Gasteiger partial charge in [-0.05, 0) is 12.1 Å². The number of nitrogens with one attached hydrogen (secondary N) is 2. The number of carbonyl (C=O) groups excluding carboxylic acids is 2. The third-order valence-electron chi connectivity index (χ3n) is 2.66. The van der Waals surface area contributed by atoms with Gasteiger partial charge < -0.3 is 16.4 Å². The highest BCUT2D eigenvalue weighted by atomic mass is 19.1. The van der Waals surface area contributed by atoms with Gasteiger partial charge in [0.05, 0.1) is 11.7 Å². The second-order valence-electron chi connectivity index (χ2n) is 4.00. The number of carbonyl (C=O) groups is 2. The molecule has 96 valence electrons. The first kappa shape index (κ1) is 12.3. The number of benzene rings is 1. The van der Waals surface area contributed by atoms with Crippen LogP contribution < -0.4 is 16.4 Å². The fraction of sp³-hybridized carbons (Fsp3) is 0.273. The van der Waals surface area contributed by atoms with Crippen LogP contribution in [0.25, 0.3) is 0 Å². The molecule has 1 fully saturated rings. The van der Waals surface area contributed by atoms with Crippen molar-refractivity contribution >= 4 is 17.5 Å². The van der Waals surface area contributed by atoms with Gasteiger partial charge in [0.2, 0.25) is 5.91 Å². The highest BCUT2D eigenvalue weighted by Crippen LogP contribution is 2.18. The van der Waals surface area contributed by atoms with Gasteiger partial charge in [-0.25, -0.2) is 8.78 Å². The van der Waals surface area contributed by atoms with Crippen LogP contribution in [0.5, 0.6) is 0 Å². The molecule has 0 radical (unpaired) electrons. The van der Waals surface area contributed by atoms with E-state index in [0.29, 0.717) is 0 Å². The predicted octanol–water partition coefficient (Wildman–Crippen LogP) is 0.165. The van der Waals surface area contributed by atoms with E-state index in [1.165, 1.54) is 0 Å². The average Bonchev–Trinajstić information content (AvgIpc) is 2.70. The lowest BCUT2D eigenvalue weighted by atomic mass is 10.1. The average molecular weight is 255 g/mol. The summed E-state index contributed by atoms with van der Waals surface area (Å²) in [6.07, 6.45) is 0.0945. The summed E-state index contributed by atoms with van der Waals surface area (Å²) in [5.74, 6) is -3.21. The van der Waals surface area contributed by atoms with Gasteiger partial charge >= 0.3 is 0 Å². The highest BCUT2D eigenvalue weighted by molar-refractivity contribution is 5.96. The first-order valence-electron chi connectivity index (χ1n) is 5.30. The first-order valence-corrected chi connectivity index (χ1v) is 5.30. The summed E-state index contributed by atoms with van der Waals surface area (Å²) in [6, 6.07) is 1.50. The van der Waals surface area contributed by atoms with Gasteiger partial charge in [0.1, 0.15) is 11.4 Å². The smallest absolute Gasteiger partial charge is 0.257 e. The van der Waals surface area contributed by atoms with Gasteiger partial charge in [-0.3, -0.25) is 9.59 Å². The monoisotopic (exact) mass is 255 g/mol. The van der Waals surface area contributed by atoms with Crippen LogP contribution in [0.4, 0.5) is 14.5 Å². The van der Waals surface area contributed by atoms with Crippen LogP contribution in [0, 0.1) is 11.6 Å². The standard InChI is InChI=1S/C11H11F2N3O2/c12-6-1-2-7(14)10(13)9(6)11(18)16-5-3-8(17)15-4-5/h1-2,5H,3-4,14H2,(H,15,17)(H,16,18). The van der Waals surface area contributed by atoms with Crippen LogP contribution in [-0.4, -0.2) is 24.4 Å². The summed E-state index contributed by atoms with van der Waals surface area (Å²) in [5.41, 5.74) is 4.24. The van der Waals surface area contributed by atoms with E-state index in [4.69, 9.17) is 5.73 Å². The van der Waals surface area contributed by atoms with E-state index < -0.39 is 29.1 Å². The van der Waals surface area contributed by atoms with Crippen LogP contribution in [-0.2, 0) is 4.79 Å². The lowest BCUT2D eigenvalue weighted by Crippen LogP contribution is -2.37. The Morgan fingerprint density at radius 3 is 2.78 bits per heavy atom. The van der Waals surface area contributed by atoms with Crippen LogP contribution in [0.3, 0.4) is 0 Å². The minimum atomic E-state index is -1.09. The molecule has 2 amide bonds. The molecule has 2 rings (SSSR count). The molecule has 1 unspecified atom stereocenters. The third kappa shape index (κ3) is 2.24. The highest BCUT2D eigenvalue weighted by Gasteiger charge is 2.26. The molecular formula is C11H11F2N3O2. The van der Waals surface area contributed by atoms with E-state index in [-0.39, 0.29) is 24.6 Å². The maximum atomic E-state index is 13.6. The number of amides is 2. The van der Waals surface area contributed by atoms with E-state index in [0.717, 1.165) is 12.1 Å². The van der Waals surface area contributed by atoms with Crippen molar-refractivity contribution in [1.29, 1.82) is 0 Å². The second-order valence-corrected chi connectivity index (χ2v) is 4.00. The summed E-state index contributed by atoms with van der Waals surface area (Å²) < 4.78 is 26.9. The molecule has 0 aromatic heterocycles. The zero-order chi connectivity index (χ0) is 13.3. The molecule has 18 heavy (non-hydrogen) atoms. The molecule has 1 saturated heterocycles. The lowest BCUT2D eigenvalue weighted by Gasteiger charge is -2.12. The maximum Gasteiger partial charge on any atom is 0.257 e. The van der Waals surface area contributed by atoms with E-state index in [2.05, 4.69) is 10.6 Å². The second kappa shape index (κ2) is 4.59. The number of hydrogen-bond acceptors (Lipinski definition) is 3. The molecule has 0 spiro atoms. The summed E-state index contributed by atoms with van der Waals surface area (Å²) in [6.45, 7) is 0.246. The molecule has 1 aromatic rings. The van der Waals surface area contributed by atoms with Crippen LogP contribution in [0.2, 0.25) is 0 Å². The molecular weight excluding hydrogens is 244 g/mol. The molecule has 0 saturated carbocycles. The normalized spacial score (nSPS) is 18.6. The lowest BCUT2D eigenvalue weighted by molar-refractivity contribution is -0.119.